The summed E-state index contributed by atoms with van der Waals surface area (Å²) in [5, 5.41) is 13.3. The number of rotatable bonds is 3. The van der Waals surface area contributed by atoms with Crippen LogP contribution in [0.25, 0.3) is 0 Å². The van der Waals surface area contributed by atoms with Gasteiger partial charge in [-0.3, -0.25) is 0 Å². The van der Waals surface area contributed by atoms with Gasteiger partial charge in [0.15, 0.2) is 0 Å². The number of hydrogen-bond donors (Lipinski definition) is 2. The zero-order valence-corrected chi connectivity index (χ0v) is 11.2. The summed E-state index contributed by atoms with van der Waals surface area (Å²) in [5.74, 6) is 0. The summed E-state index contributed by atoms with van der Waals surface area (Å²) in [6.07, 6.45) is 1.63. The van der Waals surface area contributed by atoms with E-state index in [2.05, 4.69) is 26.2 Å². The van der Waals surface area contributed by atoms with Crippen molar-refractivity contribution >= 4 is 33.2 Å². The van der Waals surface area contributed by atoms with E-state index in [0.29, 0.717) is 5.15 Å². The molecule has 0 aliphatic carbocycles. The Morgan fingerprint density at radius 3 is 2.67 bits per heavy atom. The fourth-order valence-electron chi connectivity index (χ4n) is 0.927. The lowest BCUT2D eigenvalue weighted by atomic mass is 10.0. The van der Waals surface area contributed by atoms with Gasteiger partial charge in [-0.2, -0.15) is 0 Å². The molecule has 1 unspecified atom stereocenters. The standard InChI is InChI=1S/C10H14BrClN2O/c1-6(10(2,3)15)14-7-4-8(11)9(12)13-5-7/h4-6,14-15H,1-3H3. The maximum Gasteiger partial charge on any atom is 0.143 e. The van der Waals surface area contributed by atoms with E-state index in [1.54, 1.807) is 20.0 Å². The van der Waals surface area contributed by atoms with Crippen molar-refractivity contribution in [3.05, 3.63) is 21.9 Å². The maximum atomic E-state index is 9.75. The highest BCUT2D eigenvalue weighted by Gasteiger charge is 2.22. The van der Waals surface area contributed by atoms with Gasteiger partial charge in [0.2, 0.25) is 0 Å². The molecule has 84 valence electrons. The van der Waals surface area contributed by atoms with E-state index in [1.807, 2.05) is 13.0 Å². The molecule has 1 aromatic heterocycles. The summed E-state index contributed by atoms with van der Waals surface area (Å²) >= 11 is 9.06. The number of nitrogens with zero attached hydrogens (tertiary/aromatic N) is 1. The first kappa shape index (κ1) is 12.7. The minimum atomic E-state index is -0.786. The van der Waals surface area contributed by atoms with Gasteiger partial charge in [-0.15, -0.1) is 0 Å². The van der Waals surface area contributed by atoms with Gasteiger partial charge in [-0.05, 0) is 42.8 Å². The Labute approximate surface area is 103 Å². The van der Waals surface area contributed by atoms with Crippen LogP contribution in [0.15, 0.2) is 16.7 Å². The van der Waals surface area contributed by atoms with Crippen molar-refractivity contribution in [2.45, 2.75) is 32.4 Å². The van der Waals surface area contributed by atoms with E-state index < -0.39 is 5.60 Å². The molecule has 0 fully saturated rings. The number of aliphatic hydroxyl groups is 1. The van der Waals surface area contributed by atoms with Crippen LogP contribution in [0.1, 0.15) is 20.8 Å². The Morgan fingerprint density at radius 2 is 2.20 bits per heavy atom. The van der Waals surface area contributed by atoms with E-state index in [4.69, 9.17) is 11.6 Å². The van der Waals surface area contributed by atoms with Crippen LogP contribution < -0.4 is 5.32 Å². The fraction of sp³-hybridized carbons (Fsp3) is 0.500. The van der Waals surface area contributed by atoms with Crippen molar-refractivity contribution < 1.29 is 5.11 Å². The molecule has 2 N–H and O–H groups in total. The molecule has 15 heavy (non-hydrogen) atoms. The second-order valence-corrected chi connectivity index (χ2v) is 5.23. The van der Waals surface area contributed by atoms with E-state index in [0.717, 1.165) is 10.2 Å². The van der Waals surface area contributed by atoms with Gasteiger partial charge in [-0.25, -0.2) is 4.98 Å². The van der Waals surface area contributed by atoms with Crippen LogP contribution in [0.2, 0.25) is 5.15 Å². The van der Waals surface area contributed by atoms with Crippen molar-refractivity contribution in [1.82, 2.24) is 4.98 Å². The van der Waals surface area contributed by atoms with E-state index in [1.165, 1.54) is 0 Å². The summed E-state index contributed by atoms with van der Waals surface area (Å²) in [6.45, 7) is 5.41. The predicted octanol–water partition coefficient (Wildman–Crippen LogP) is 3.07. The Hall–Kier alpha value is -0.320. The molecule has 1 atom stereocenters. The van der Waals surface area contributed by atoms with Crippen molar-refractivity contribution in [3.63, 3.8) is 0 Å². The van der Waals surface area contributed by atoms with E-state index in [-0.39, 0.29) is 6.04 Å². The first-order valence-corrected chi connectivity index (χ1v) is 5.78. The lowest BCUT2D eigenvalue weighted by Crippen LogP contribution is -2.39. The van der Waals surface area contributed by atoms with Gasteiger partial charge in [0.1, 0.15) is 5.15 Å². The molecule has 0 aliphatic rings. The summed E-state index contributed by atoms with van der Waals surface area (Å²) in [5.41, 5.74) is 0.0347. The summed E-state index contributed by atoms with van der Waals surface area (Å²) in [4.78, 5) is 3.99. The molecule has 3 nitrogen and oxygen atoms in total. The topological polar surface area (TPSA) is 45.2 Å². The van der Waals surface area contributed by atoms with E-state index in [9.17, 15) is 5.11 Å². The van der Waals surface area contributed by atoms with Gasteiger partial charge >= 0.3 is 0 Å². The average Bonchev–Trinajstić information content (AvgIpc) is 2.10. The summed E-state index contributed by atoms with van der Waals surface area (Å²) in [6, 6.07) is 1.75. The Balaban J connectivity index is 2.78. The van der Waals surface area contributed by atoms with Crippen LogP contribution >= 0.6 is 27.5 Å². The number of hydrogen-bond acceptors (Lipinski definition) is 3. The van der Waals surface area contributed by atoms with Gasteiger partial charge < -0.3 is 10.4 Å². The molecule has 1 aromatic rings. The smallest absolute Gasteiger partial charge is 0.143 e. The zero-order chi connectivity index (χ0) is 11.6. The van der Waals surface area contributed by atoms with Gasteiger partial charge in [0.25, 0.3) is 0 Å². The lowest BCUT2D eigenvalue weighted by Gasteiger charge is -2.27. The van der Waals surface area contributed by atoms with Crippen LogP contribution in [0.5, 0.6) is 0 Å². The molecule has 0 saturated heterocycles. The molecule has 0 radical (unpaired) electrons. The van der Waals surface area contributed by atoms with E-state index >= 15 is 0 Å². The van der Waals surface area contributed by atoms with Crippen LogP contribution in [0, 0.1) is 0 Å². The first-order chi connectivity index (χ1) is 6.80. The van der Waals surface area contributed by atoms with Crippen molar-refractivity contribution in [1.29, 1.82) is 0 Å². The van der Waals surface area contributed by atoms with Gasteiger partial charge in [0, 0.05) is 0 Å². The Morgan fingerprint density at radius 1 is 1.60 bits per heavy atom. The number of halogens is 2. The van der Waals surface area contributed by atoms with Crippen LogP contribution in [-0.2, 0) is 0 Å². The van der Waals surface area contributed by atoms with Crippen LogP contribution in [-0.4, -0.2) is 21.7 Å². The van der Waals surface area contributed by atoms with Gasteiger partial charge in [0.05, 0.1) is 28.0 Å². The monoisotopic (exact) mass is 292 g/mol. The maximum absolute atomic E-state index is 9.75. The molecule has 0 bridgehead atoms. The van der Waals surface area contributed by atoms with Crippen molar-refractivity contribution in [2.75, 3.05) is 5.32 Å². The zero-order valence-electron chi connectivity index (χ0n) is 8.88. The van der Waals surface area contributed by atoms with Crippen LogP contribution in [0.3, 0.4) is 0 Å². The Bertz CT molecular complexity index is 352. The normalized spacial score (nSPS) is 13.7. The summed E-state index contributed by atoms with van der Waals surface area (Å²) in [7, 11) is 0. The molecule has 0 aliphatic heterocycles. The minimum absolute atomic E-state index is 0.0765. The third kappa shape index (κ3) is 3.63. The third-order valence-electron chi connectivity index (χ3n) is 2.24. The first-order valence-electron chi connectivity index (χ1n) is 4.60. The second kappa shape index (κ2) is 4.68. The highest BCUT2D eigenvalue weighted by Crippen LogP contribution is 2.24. The highest BCUT2D eigenvalue weighted by atomic mass is 79.9. The average molecular weight is 294 g/mol. The number of pyridine rings is 1. The molecular weight excluding hydrogens is 279 g/mol. The number of anilines is 1. The quantitative estimate of drug-likeness (QED) is 0.842. The summed E-state index contributed by atoms with van der Waals surface area (Å²) < 4.78 is 0.733. The molecule has 0 spiro atoms. The number of aromatic nitrogens is 1. The molecule has 5 heteroatoms. The second-order valence-electron chi connectivity index (χ2n) is 4.02. The SMILES string of the molecule is CC(Nc1cnc(Cl)c(Br)c1)C(C)(C)O. The van der Waals surface area contributed by atoms with Crippen LogP contribution in [0.4, 0.5) is 5.69 Å². The minimum Gasteiger partial charge on any atom is -0.388 e. The predicted molar refractivity (Wildman–Crippen MR) is 66.3 cm³/mol. The highest BCUT2D eigenvalue weighted by molar-refractivity contribution is 9.10. The molecule has 0 aromatic carbocycles. The molecule has 1 heterocycles. The fourth-order valence-corrected chi connectivity index (χ4v) is 1.38. The van der Waals surface area contributed by atoms with Gasteiger partial charge in [-0.1, -0.05) is 11.6 Å². The number of nitrogens with one attached hydrogen (secondary N) is 1. The molecule has 0 saturated carbocycles. The third-order valence-corrected chi connectivity index (χ3v) is 3.37. The molecule has 1 rings (SSSR count). The van der Waals surface area contributed by atoms with Crippen molar-refractivity contribution in [2.24, 2.45) is 0 Å². The molecular formula is C10H14BrClN2O. The van der Waals surface area contributed by atoms with Crippen molar-refractivity contribution in [3.8, 4) is 0 Å². The lowest BCUT2D eigenvalue weighted by molar-refractivity contribution is 0.0649. The molecule has 0 amide bonds. The Kier molecular flexibility index (Phi) is 3.98. The largest absolute Gasteiger partial charge is 0.388 e.